The molecule has 22 heavy (non-hydrogen) atoms. The van der Waals surface area contributed by atoms with Crippen molar-refractivity contribution in [3.63, 3.8) is 0 Å². The zero-order chi connectivity index (χ0) is 16.8. The fourth-order valence-corrected chi connectivity index (χ4v) is 2.83. The summed E-state index contributed by atoms with van der Waals surface area (Å²) in [7, 11) is 3.60. The van der Waals surface area contributed by atoms with E-state index in [1.54, 1.807) is 18.4 Å². The molecule has 1 atom stereocenters. The molecule has 0 aromatic carbocycles. The number of guanidine groups is 1. The molecule has 0 bridgehead atoms. The first kappa shape index (κ1) is 18.5. The smallest absolute Gasteiger partial charge is 0.240 e. The molecule has 0 aliphatic heterocycles. The van der Waals surface area contributed by atoms with Crippen molar-refractivity contribution in [3.05, 3.63) is 22.4 Å². The van der Waals surface area contributed by atoms with Crippen molar-refractivity contribution >= 4 is 23.2 Å². The second-order valence-electron chi connectivity index (χ2n) is 6.54. The standard InChI is InChI=1S/C16H28N4OS/c1-12(13-7-8-22-11-13)9-18-15(17-5)20(6)10-14(21)19-16(2,3)4/h7-8,11-12H,9-10H2,1-6H3,(H,17,18)(H,19,21). The molecule has 1 aromatic rings. The Hall–Kier alpha value is -1.56. The van der Waals surface area contributed by atoms with Gasteiger partial charge in [-0.3, -0.25) is 9.79 Å². The van der Waals surface area contributed by atoms with Crippen molar-refractivity contribution in [3.8, 4) is 0 Å². The summed E-state index contributed by atoms with van der Waals surface area (Å²) in [6.45, 7) is 9.16. The number of hydrogen-bond acceptors (Lipinski definition) is 3. The van der Waals surface area contributed by atoms with E-state index in [0.29, 0.717) is 5.92 Å². The van der Waals surface area contributed by atoms with Gasteiger partial charge in [-0.25, -0.2) is 0 Å². The molecule has 124 valence electrons. The Bertz CT molecular complexity index is 491. The molecular formula is C16H28N4OS. The van der Waals surface area contributed by atoms with Crippen molar-refractivity contribution in [2.45, 2.75) is 39.2 Å². The van der Waals surface area contributed by atoms with Gasteiger partial charge in [-0.15, -0.1) is 0 Å². The lowest BCUT2D eigenvalue weighted by atomic mass is 10.1. The molecule has 1 aromatic heterocycles. The highest BCUT2D eigenvalue weighted by molar-refractivity contribution is 7.07. The minimum absolute atomic E-state index is 0.0103. The molecule has 1 heterocycles. The van der Waals surface area contributed by atoms with Crippen LogP contribution in [0.2, 0.25) is 0 Å². The first-order valence-corrected chi connectivity index (χ1v) is 8.42. The van der Waals surface area contributed by atoms with Crippen LogP contribution >= 0.6 is 11.3 Å². The first-order valence-electron chi connectivity index (χ1n) is 7.48. The molecule has 6 heteroatoms. The second-order valence-corrected chi connectivity index (χ2v) is 7.32. The minimum atomic E-state index is -0.220. The van der Waals surface area contributed by atoms with Crippen molar-refractivity contribution in [1.29, 1.82) is 0 Å². The maximum Gasteiger partial charge on any atom is 0.240 e. The highest BCUT2D eigenvalue weighted by atomic mass is 32.1. The summed E-state index contributed by atoms with van der Waals surface area (Å²) in [4.78, 5) is 18.1. The summed E-state index contributed by atoms with van der Waals surface area (Å²) in [5.74, 6) is 1.12. The molecule has 2 N–H and O–H groups in total. The van der Waals surface area contributed by atoms with Gasteiger partial charge in [0.1, 0.15) is 0 Å². The van der Waals surface area contributed by atoms with Gasteiger partial charge in [0.2, 0.25) is 5.91 Å². The molecular weight excluding hydrogens is 296 g/mol. The van der Waals surface area contributed by atoms with E-state index in [4.69, 9.17) is 0 Å². The number of nitrogens with zero attached hydrogens (tertiary/aromatic N) is 2. The van der Waals surface area contributed by atoms with Crippen molar-refractivity contribution in [1.82, 2.24) is 15.5 Å². The van der Waals surface area contributed by atoms with Crippen LogP contribution in [0.3, 0.4) is 0 Å². The van der Waals surface area contributed by atoms with Gasteiger partial charge in [0, 0.05) is 26.2 Å². The van der Waals surface area contributed by atoms with Crippen LogP contribution in [0.15, 0.2) is 21.8 Å². The lowest BCUT2D eigenvalue weighted by molar-refractivity contribution is -0.122. The summed E-state index contributed by atoms with van der Waals surface area (Å²) >= 11 is 1.71. The fraction of sp³-hybridized carbons (Fsp3) is 0.625. The highest BCUT2D eigenvalue weighted by Crippen LogP contribution is 2.17. The third-order valence-electron chi connectivity index (χ3n) is 3.15. The second kappa shape index (κ2) is 8.17. The summed E-state index contributed by atoms with van der Waals surface area (Å²) in [5, 5.41) is 10.5. The molecule has 0 aliphatic rings. The predicted molar refractivity (Wildman–Crippen MR) is 94.6 cm³/mol. The Kier molecular flexibility index (Phi) is 6.87. The normalized spacial score (nSPS) is 13.6. The summed E-state index contributed by atoms with van der Waals surface area (Å²) in [6.07, 6.45) is 0. The minimum Gasteiger partial charge on any atom is -0.356 e. The summed E-state index contributed by atoms with van der Waals surface area (Å²) in [5.41, 5.74) is 1.10. The van der Waals surface area contributed by atoms with Crippen LogP contribution in [0, 0.1) is 0 Å². The zero-order valence-electron chi connectivity index (χ0n) is 14.4. The van der Waals surface area contributed by atoms with Gasteiger partial charge >= 0.3 is 0 Å². The van der Waals surface area contributed by atoms with E-state index < -0.39 is 0 Å². The largest absolute Gasteiger partial charge is 0.356 e. The van der Waals surface area contributed by atoms with Gasteiger partial charge in [-0.2, -0.15) is 11.3 Å². The SMILES string of the molecule is CN=C(NCC(C)c1ccsc1)N(C)CC(=O)NC(C)(C)C. The Labute approximate surface area is 137 Å². The monoisotopic (exact) mass is 324 g/mol. The number of hydrogen-bond donors (Lipinski definition) is 2. The van der Waals surface area contributed by atoms with E-state index in [-0.39, 0.29) is 18.0 Å². The Morgan fingerprint density at radius 2 is 2.14 bits per heavy atom. The van der Waals surface area contributed by atoms with E-state index in [9.17, 15) is 4.79 Å². The molecule has 5 nitrogen and oxygen atoms in total. The Morgan fingerprint density at radius 1 is 1.45 bits per heavy atom. The number of carbonyl (C=O) groups is 1. The lowest BCUT2D eigenvalue weighted by Gasteiger charge is -2.26. The number of carbonyl (C=O) groups excluding carboxylic acids is 1. The quantitative estimate of drug-likeness (QED) is 0.645. The number of aliphatic imine (C=N–C) groups is 1. The van der Waals surface area contributed by atoms with E-state index in [1.807, 2.05) is 32.7 Å². The maximum absolute atomic E-state index is 12.0. The van der Waals surface area contributed by atoms with Crippen LogP contribution in [0.1, 0.15) is 39.2 Å². The first-order chi connectivity index (χ1) is 10.2. The average Bonchev–Trinajstić information content (AvgIpc) is 2.90. The Balaban J connectivity index is 2.48. The van der Waals surface area contributed by atoms with E-state index in [1.165, 1.54) is 5.56 Å². The van der Waals surface area contributed by atoms with Crippen LogP contribution in [-0.2, 0) is 4.79 Å². The third-order valence-corrected chi connectivity index (χ3v) is 3.85. The van der Waals surface area contributed by atoms with Crippen molar-refractivity contribution in [2.75, 3.05) is 27.2 Å². The van der Waals surface area contributed by atoms with Gasteiger partial charge in [0.05, 0.1) is 6.54 Å². The summed E-state index contributed by atoms with van der Waals surface area (Å²) in [6, 6.07) is 2.14. The van der Waals surface area contributed by atoms with Crippen molar-refractivity contribution < 1.29 is 4.79 Å². The lowest BCUT2D eigenvalue weighted by Crippen LogP contribution is -2.49. The van der Waals surface area contributed by atoms with Crippen LogP contribution in [-0.4, -0.2) is 49.5 Å². The third kappa shape index (κ3) is 6.47. The van der Waals surface area contributed by atoms with E-state index in [2.05, 4.69) is 39.4 Å². The molecule has 0 fully saturated rings. The number of amides is 1. The fourth-order valence-electron chi connectivity index (χ4n) is 2.05. The number of likely N-dealkylation sites (N-methyl/N-ethyl adjacent to an activating group) is 1. The zero-order valence-corrected chi connectivity index (χ0v) is 15.3. The van der Waals surface area contributed by atoms with Gasteiger partial charge < -0.3 is 15.5 Å². The van der Waals surface area contributed by atoms with Crippen LogP contribution in [0.5, 0.6) is 0 Å². The average molecular weight is 324 g/mol. The van der Waals surface area contributed by atoms with Gasteiger partial charge in [-0.1, -0.05) is 6.92 Å². The summed E-state index contributed by atoms with van der Waals surface area (Å²) < 4.78 is 0. The molecule has 0 saturated heterocycles. The highest BCUT2D eigenvalue weighted by Gasteiger charge is 2.17. The molecule has 0 saturated carbocycles. The number of thiophene rings is 1. The number of nitrogens with one attached hydrogen (secondary N) is 2. The van der Waals surface area contributed by atoms with E-state index >= 15 is 0 Å². The van der Waals surface area contributed by atoms with Crippen LogP contribution in [0.4, 0.5) is 0 Å². The van der Waals surface area contributed by atoms with Crippen molar-refractivity contribution in [2.24, 2.45) is 4.99 Å². The van der Waals surface area contributed by atoms with Gasteiger partial charge in [0.15, 0.2) is 5.96 Å². The van der Waals surface area contributed by atoms with Crippen LogP contribution < -0.4 is 10.6 Å². The molecule has 0 spiro atoms. The molecule has 1 unspecified atom stereocenters. The molecule has 0 aliphatic carbocycles. The number of rotatable bonds is 5. The Morgan fingerprint density at radius 3 is 2.64 bits per heavy atom. The molecule has 0 radical (unpaired) electrons. The van der Waals surface area contributed by atoms with Gasteiger partial charge in [0.25, 0.3) is 0 Å². The van der Waals surface area contributed by atoms with Gasteiger partial charge in [-0.05, 0) is 49.1 Å². The molecule has 1 amide bonds. The predicted octanol–water partition coefficient (Wildman–Crippen LogP) is 2.27. The topological polar surface area (TPSA) is 56.7 Å². The van der Waals surface area contributed by atoms with E-state index in [0.717, 1.165) is 12.5 Å². The van der Waals surface area contributed by atoms with Crippen LogP contribution in [0.25, 0.3) is 0 Å². The maximum atomic E-state index is 12.0. The molecule has 1 rings (SSSR count).